The van der Waals surface area contributed by atoms with Gasteiger partial charge in [-0.25, -0.2) is 0 Å². The van der Waals surface area contributed by atoms with E-state index in [1.54, 1.807) is 34.0 Å². The Kier molecular flexibility index (Phi) is 4.83. The molecule has 5 rings (SSSR count). The fraction of sp³-hybridized carbons (Fsp3) is 0.167. The molecule has 2 unspecified atom stereocenters. The fourth-order valence-corrected chi connectivity index (χ4v) is 7.02. The second kappa shape index (κ2) is 7.47. The summed E-state index contributed by atoms with van der Waals surface area (Å²) < 4.78 is 1.29. The van der Waals surface area contributed by atoms with Crippen LogP contribution in [-0.2, 0) is 0 Å². The van der Waals surface area contributed by atoms with Gasteiger partial charge in [-0.3, -0.25) is 0 Å². The minimum Gasteiger partial charge on any atom is -0.143 e. The summed E-state index contributed by atoms with van der Waals surface area (Å²) in [5.41, 5.74) is 2.50. The van der Waals surface area contributed by atoms with Crippen molar-refractivity contribution in [2.24, 2.45) is 5.92 Å². The molecule has 0 nitrogen and oxygen atoms in total. The third kappa shape index (κ3) is 3.32. The molecular weight excluding hydrogens is 417 g/mol. The van der Waals surface area contributed by atoms with Gasteiger partial charge in [0.05, 0.1) is 15.0 Å². The number of thioether (sulfide) groups is 1. The Morgan fingerprint density at radius 2 is 1.46 bits per heavy atom. The molecule has 4 heteroatoms. The van der Waals surface area contributed by atoms with Crippen molar-refractivity contribution in [2.75, 3.05) is 0 Å². The van der Waals surface area contributed by atoms with E-state index in [9.17, 15) is 0 Å². The Balaban J connectivity index is 1.67. The molecule has 0 N–H and O–H groups in total. The van der Waals surface area contributed by atoms with Crippen LogP contribution in [0.3, 0.4) is 0 Å². The van der Waals surface area contributed by atoms with Gasteiger partial charge in [-0.05, 0) is 55.0 Å². The SMILES string of the molecule is Cc1ccc(C#CC2=c3ccsc3=C(C#Cc3ccc(C)s3)C3C=CSC23)s1. The van der Waals surface area contributed by atoms with Gasteiger partial charge in [0.25, 0.3) is 0 Å². The van der Waals surface area contributed by atoms with Gasteiger partial charge in [0.2, 0.25) is 0 Å². The number of hydrogen-bond acceptors (Lipinski definition) is 4. The zero-order chi connectivity index (χ0) is 19.1. The zero-order valence-corrected chi connectivity index (χ0v) is 18.7. The molecule has 4 heterocycles. The van der Waals surface area contributed by atoms with Gasteiger partial charge in [0.15, 0.2) is 0 Å². The van der Waals surface area contributed by atoms with Crippen molar-refractivity contribution in [1.82, 2.24) is 0 Å². The highest BCUT2D eigenvalue weighted by atomic mass is 32.2. The van der Waals surface area contributed by atoms with Gasteiger partial charge in [-0.2, -0.15) is 0 Å². The van der Waals surface area contributed by atoms with Gasteiger partial charge >= 0.3 is 0 Å². The van der Waals surface area contributed by atoms with Crippen LogP contribution in [0.5, 0.6) is 0 Å². The van der Waals surface area contributed by atoms with E-state index in [1.807, 2.05) is 11.8 Å². The maximum Gasteiger partial charge on any atom is 0.0774 e. The molecule has 0 amide bonds. The normalized spacial score (nSPS) is 19.5. The third-order valence-electron chi connectivity index (χ3n) is 4.78. The average Bonchev–Trinajstić information content (AvgIpc) is 3.45. The maximum absolute atomic E-state index is 3.53. The Morgan fingerprint density at radius 3 is 2.11 bits per heavy atom. The van der Waals surface area contributed by atoms with Crippen molar-refractivity contribution in [3.8, 4) is 23.7 Å². The molecule has 136 valence electrons. The van der Waals surface area contributed by atoms with Gasteiger partial charge in [0.1, 0.15) is 0 Å². The highest BCUT2D eigenvalue weighted by Gasteiger charge is 2.33. The molecule has 0 bridgehead atoms. The molecule has 0 fully saturated rings. The third-order valence-corrected chi connectivity index (χ3v) is 8.69. The summed E-state index contributed by atoms with van der Waals surface area (Å²) >= 11 is 7.18. The Bertz CT molecular complexity index is 1330. The molecule has 1 aliphatic carbocycles. The Hall–Kier alpha value is -1.95. The highest BCUT2D eigenvalue weighted by Crippen LogP contribution is 2.40. The molecular formula is C24H16S4. The summed E-state index contributed by atoms with van der Waals surface area (Å²) in [5.74, 6) is 14.2. The summed E-state index contributed by atoms with van der Waals surface area (Å²) in [5, 5.41) is 6.01. The minimum absolute atomic E-state index is 0.319. The van der Waals surface area contributed by atoms with Crippen molar-refractivity contribution in [1.29, 1.82) is 0 Å². The second-order valence-corrected chi connectivity index (χ2v) is 11.3. The zero-order valence-electron chi connectivity index (χ0n) is 15.4. The van der Waals surface area contributed by atoms with E-state index in [2.05, 4.69) is 84.7 Å². The van der Waals surface area contributed by atoms with Crippen molar-refractivity contribution in [3.63, 3.8) is 0 Å². The number of thiophene rings is 3. The second-order valence-electron chi connectivity index (χ2n) is 6.72. The van der Waals surface area contributed by atoms with Crippen LogP contribution in [-0.4, -0.2) is 5.25 Å². The minimum atomic E-state index is 0.319. The molecule has 3 aromatic rings. The molecule has 0 spiro atoms. The topological polar surface area (TPSA) is 0 Å². The molecule has 28 heavy (non-hydrogen) atoms. The number of aryl methyl sites for hydroxylation is 2. The lowest BCUT2D eigenvalue weighted by Crippen LogP contribution is -2.36. The molecule has 2 aliphatic rings. The van der Waals surface area contributed by atoms with Gasteiger partial charge < -0.3 is 0 Å². The van der Waals surface area contributed by atoms with Crippen molar-refractivity contribution < 1.29 is 0 Å². The molecule has 0 aromatic carbocycles. The van der Waals surface area contributed by atoms with Crippen LogP contribution in [0.25, 0.3) is 11.1 Å². The van der Waals surface area contributed by atoms with Gasteiger partial charge in [-0.1, -0.05) is 29.8 Å². The predicted molar refractivity (Wildman–Crippen MR) is 126 cm³/mol. The van der Waals surface area contributed by atoms with E-state index in [0.717, 1.165) is 9.75 Å². The van der Waals surface area contributed by atoms with Crippen LogP contribution >= 0.6 is 45.8 Å². The average molecular weight is 433 g/mol. The Labute approximate surface area is 181 Å². The summed E-state index contributed by atoms with van der Waals surface area (Å²) in [7, 11) is 0. The number of rotatable bonds is 0. The van der Waals surface area contributed by atoms with Gasteiger partial charge in [0, 0.05) is 36.6 Å². The monoisotopic (exact) mass is 432 g/mol. The number of hydrogen-bond donors (Lipinski definition) is 0. The highest BCUT2D eigenvalue weighted by molar-refractivity contribution is 8.03. The van der Waals surface area contributed by atoms with Crippen LogP contribution in [0.4, 0.5) is 0 Å². The van der Waals surface area contributed by atoms with E-state index >= 15 is 0 Å². The number of allylic oxidation sites excluding steroid dienone is 1. The molecule has 0 radical (unpaired) electrons. The van der Waals surface area contributed by atoms with Crippen LogP contribution in [0.15, 0.2) is 47.2 Å². The first-order valence-electron chi connectivity index (χ1n) is 9.00. The molecule has 3 aromatic heterocycles. The van der Waals surface area contributed by atoms with Crippen LogP contribution in [0.1, 0.15) is 19.5 Å². The van der Waals surface area contributed by atoms with Gasteiger partial charge in [-0.15, -0.1) is 45.8 Å². The van der Waals surface area contributed by atoms with E-state index in [-0.39, 0.29) is 0 Å². The van der Waals surface area contributed by atoms with Crippen molar-refractivity contribution in [2.45, 2.75) is 19.1 Å². The van der Waals surface area contributed by atoms with Crippen molar-refractivity contribution >= 4 is 56.9 Å². The smallest absolute Gasteiger partial charge is 0.0774 e. The fourth-order valence-electron chi connectivity index (χ4n) is 3.47. The van der Waals surface area contributed by atoms with Crippen molar-refractivity contribution in [3.05, 3.63) is 76.5 Å². The predicted octanol–water partition coefficient (Wildman–Crippen LogP) is 5.15. The number of fused-ring (bicyclic) bond motifs is 2. The quantitative estimate of drug-likeness (QED) is 0.443. The lowest BCUT2D eigenvalue weighted by atomic mass is 9.87. The first-order chi connectivity index (χ1) is 13.7. The van der Waals surface area contributed by atoms with Crippen LogP contribution < -0.4 is 9.75 Å². The van der Waals surface area contributed by atoms with E-state index in [0.29, 0.717) is 11.2 Å². The molecule has 0 saturated carbocycles. The largest absolute Gasteiger partial charge is 0.143 e. The van der Waals surface area contributed by atoms with Crippen LogP contribution in [0, 0.1) is 43.4 Å². The van der Waals surface area contributed by atoms with E-state index < -0.39 is 0 Å². The summed E-state index contributed by atoms with van der Waals surface area (Å²) in [6.07, 6.45) is 2.30. The summed E-state index contributed by atoms with van der Waals surface area (Å²) in [6.45, 7) is 4.25. The van der Waals surface area contributed by atoms with E-state index in [4.69, 9.17) is 0 Å². The summed E-state index contributed by atoms with van der Waals surface area (Å²) in [6, 6.07) is 10.7. The molecule has 2 atom stereocenters. The maximum atomic E-state index is 3.53. The van der Waals surface area contributed by atoms with E-state index in [1.165, 1.54) is 30.7 Å². The molecule has 0 saturated heterocycles. The lowest BCUT2D eigenvalue weighted by Gasteiger charge is -2.22. The summed E-state index contributed by atoms with van der Waals surface area (Å²) in [4.78, 5) is 4.88. The first kappa shape index (κ1) is 18.1. The lowest BCUT2D eigenvalue weighted by molar-refractivity contribution is 0.899. The first-order valence-corrected chi connectivity index (χ1v) is 12.5. The molecule has 1 aliphatic heterocycles. The standard InChI is InChI=1S/C24H16S4/c1-15-3-5-17(27-15)7-9-19-21-11-13-26-24(21)20(22-12-14-25-23(19)22)10-8-18-6-4-16(2)28-18/h3-6,11-14,21,24H,1-2H3. The Morgan fingerprint density at radius 1 is 0.786 bits per heavy atom. The van der Waals surface area contributed by atoms with Crippen LogP contribution in [0.2, 0.25) is 0 Å².